The molecule has 0 fully saturated rings. The number of carbonyl (C=O) groups excluding carboxylic acids is 2. The molecule has 2 atom stereocenters. The van der Waals surface area contributed by atoms with Crippen LogP contribution in [-0.2, 0) is 43.6 Å². The summed E-state index contributed by atoms with van der Waals surface area (Å²) in [5.74, 6) is 1.59. The van der Waals surface area contributed by atoms with Gasteiger partial charge in [0, 0.05) is 63.7 Å². The molecule has 4 heterocycles. The first-order valence-electron chi connectivity index (χ1n) is 27.4. The lowest BCUT2D eigenvalue weighted by atomic mass is 9.89. The lowest BCUT2D eigenvalue weighted by molar-refractivity contribution is 0.0532. The highest BCUT2D eigenvalue weighted by molar-refractivity contribution is 6.76. The van der Waals surface area contributed by atoms with Gasteiger partial charge in [0.25, 0.3) is 0 Å². The smallest absolute Gasteiger partial charge is 0.419 e. The van der Waals surface area contributed by atoms with Gasteiger partial charge in [0.15, 0.2) is 0 Å². The Labute approximate surface area is 482 Å². The van der Waals surface area contributed by atoms with Gasteiger partial charge in [-0.25, -0.2) is 19.6 Å². The van der Waals surface area contributed by atoms with Crippen LogP contribution in [0.25, 0.3) is 43.9 Å². The molecule has 0 saturated heterocycles. The van der Waals surface area contributed by atoms with Gasteiger partial charge in [0.1, 0.15) is 59.0 Å². The number of nitrogens with zero attached hydrogens (tertiary/aromatic N) is 8. The van der Waals surface area contributed by atoms with E-state index in [9.17, 15) is 30.3 Å². The van der Waals surface area contributed by atoms with Gasteiger partial charge in [0.2, 0.25) is 0 Å². The molecule has 2 unspecified atom stereocenters. The predicted molar refractivity (Wildman–Crippen MR) is 324 cm³/mol. The molecule has 0 aliphatic carbocycles. The number of hydrogen-bond donors (Lipinski definition) is 2. The third-order valence-corrected chi connectivity index (χ3v) is 17.3. The van der Waals surface area contributed by atoms with Crippen molar-refractivity contribution in [2.24, 2.45) is 0 Å². The molecule has 0 aliphatic rings. The van der Waals surface area contributed by atoms with Crippen LogP contribution in [0.15, 0.2) is 73.1 Å². The molecule has 82 heavy (non-hydrogen) atoms. The fraction of sp³-hybridized carbons (Fsp3) is 0.452. The Balaban J connectivity index is 0.000000236. The third-order valence-electron chi connectivity index (χ3n) is 13.9. The van der Waals surface area contributed by atoms with Crippen molar-refractivity contribution in [3.05, 3.63) is 118 Å². The van der Waals surface area contributed by atoms with Crippen LogP contribution in [0.3, 0.4) is 0 Å². The molecule has 0 radical (unpaired) electrons. The van der Waals surface area contributed by atoms with Crippen LogP contribution in [0.5, 0.6) is 11.5 Å². The normalized spacial score (nSPS) is 13.8. The Morgan fingerprint density at radius 2 is 0.976 bits per heavy atom. The van der Waals surface area contributed by atoms with Crippen molar-refractivity contribution in [1.82, 2.24) is 28.2 Å². The summed E-state index contributed by atoms with van der Waals surface area (Å²) in [7, 11) is 0.466. The molecular formula is C62H80N8O10Si2. The zero-order valence-electron chi connectivity index (χ0n) is 50.9. The van der Waals surface area contributed by atoms with Crippen molar-refractivity contribution in [1.29, 1.82) is 10.5 Å². The van der Waals surface area contributed by atoms with Crippen LogP contribution in [0.2, 0.25) is 51.4 Å². The number of imidazole rings is 2. The zero-order valence-corrected chi connectivity index (χ0v) is 52.9. The summed E-state index contributed by atoms with van der Waals surface area (Å²) in [4.78, 5) is 35.9. The topological polar surface area (TPSA) is 223 Å². The first-order valence-corrected chi connectivity index (χ1v) is 34.8. The van der Waals surface area contributed by atoms with E-state index in [2.05, 4.69) is 51.4 Å². The summed E-state index contributed by atoms with van der Waals surface area (Å²) in [5, 5.41) is 45.1. The number of nitriles is 2. The number of carbonyl (C=O) groups is 2. The molecule has 436 valence electrons. The number of ether oxygens (including phenoxy) is 6. The number of fused-ring (bicyclic) bond motifs is 4. The maximum atomic E-state index is 13.1. The summed E-state index contributed by atoms with van der Waals surface area (Å²) >= 11 is 0. The van der Waals surface area contributed by atoms with Crippen LogP contribution in [-0.4, -0.2) is 105 Å². The number of methoxy groups -OCH3 is 2. The van der Waals surface area contributed by atoms with Gasteiger partial charge < -0.3 is 47.8 Å². The van der Waals surface area contributed by atoms with Crippen molar-refractivity contribution < 1.29 is 48.2 Å². The summed E-state index contributed by atoms with van der Waals surface area (Å²) in [6.07, 6.45) is 2.26. The van der Waals surface area contributed by atoms with Crippen LogP contribution >= 0.6 is 0 Å². The molecule has 0 amide bonds. The molecule has 2 N–H and O–H groups in total. The fourth-order valence-electron chi connectivity index (χ4n) is 9.95. The van der Waals surface area contributed by atoms with Gasteiger partial charge in [0.05, 0.1) is 70.6 Å². The van der Waals surface area contributed by atoms with Crippen molar-refractivity contribution >= 4 is 72.2 Å². The molecule has 0 bridgehead atoms. The quantitative estimate of drug-likeness (QED) is 0.0678. The Kier molecular flexibility index (Phi) is 17.9. The number of hydrogen-bond acceptors (Lipinski definition) is 14. The maximum absolute atomic E-state index is 13.1. The van der Waals surface area contributed by atoms with E-state index in [4.69, 9.17) is 38.4 Å². The lowest BCUT2D eigenvalue weighted by Gasteiger charge is -2.28. The molecule has 8 rings (SSSR count). The standard InChI is InChI=1S/2C31H40N4O5Si/c1-20-16-25(38-6)26(22-12-13-34(27(20)22)29(36)40-30(2,3)4)31(5,37)28-33-23-17-21(18-32)10-11-24(23)35(28)19-39-14-15-41(7,8)9;1-20-16-25(38-6)26(22-12-13-34(27(20)22)29(36)40-30(2,3)4)31(5,37)28-33-23-11-10-21(18-32)17-24(23)35(28)19-39-14-15-41(7,8)9/h2*10-13,16-17,37H,14-15,19H2,1-9H3. The summed E-state index contributed by atoms with van der Waals surface area (Å²) in [6, 6.07) is 24.0. The van der Waals surface area contributed by atoms with Gasteiger partial charge in [-0.1, -0.05) is 39.3 Å². The molecule has 0 spiro atoms. The van der Waals surface area contributed by atoms with Crippen molar-refractivity contribution in [2.45, 2.75) is 156 Å². The number of benzene rings is 4. The molecule has 4 aromatic carbocycles. The van der Waals surface area contributed by atoms with E-state index >= 15 is 0 Å². The molecule has 0 saturated carbocycles. The Morgan fingerprint density at radius 1 is 0.573 bits per heavy atom. The van der Waals surface area contributed by atoms with Gasteiger partial charge in [-0.05, 0) is 153 Å². The fourth-order valence-corrected chi connectivity index (χ4v) is 11.5. The van der Waals surface area contributed by atoms with Crippen LogP contribution in [0, 0.1) is 36.5 Å². The summed E-state index contributed by atoms with van der Waals surface area (Å²) in [6.45, 7) is 33.2. The molecule has 4 aromatic heterocycles. The monoisotopic (exact) mass is 1150 g/mol. The SMILES string of the molecule is COc1cc(C)c2c(ccn2C(=O)OC(C)(C)C)c1C(C)(O)c1nc2cc(C#N)ccc2n1COCC[Si](C)(C)C.COc1cc(C)c2c(ccn2C(=O)OC(C)(C)C)c1C(C)(O)c1nc2ccc(C#N)cc2n1COCC[Si](C)(C)C. The van der Waals surface area contributed by atoms with E-state index in [1.165, 1.54) is 9.13 Å². The number of rotatable bonds is 16. The molecule has 20 heteroatoms. The van der Waals surface area contributed by atoms with Gasteiger partial charge >= 0.3 is 12.2 Å². The highest BCUT2D eigenvalue weighted by Gasteiger charge is 2.40. The van der Waals surface area contributed by atoms with Crippen LogP contribution in [0.1, 0.15) is 100 Å². The average molecular weight is 1150 g/mol. The van der Waals surface area contributed by atoms with E-state index in [1.807, 2.05) is 70.6 Å². The summed E-state index contributed by atoms with van der Waals surface area (Å²) in [5.41, 5.74) is 2.58. The number of aromatic nitrogens is 6. The van der Waals surface area contributed by atoms with Crippen molar-refractivity contribution in [3.63, 3.8) is 0 Å². The second kappa shape index (κ2) is 23.5. The van der Waals surface area contributed by atoms with Crippen molar-refractivity contribution in [3.8, 4) is 23.6 Å². The molecular weight excluding hydrogens is 1070 g/mol. The highest BCUT2D eigenvalue weighted by atomic mass is 28.3. The largest absolute Gasteiger partial charge is 0.496 e. The van der Waals surface area contributed by atoms with Gasteiger partial charge in [-0.15, -0.1) is 0 Å². The van der Waals surface area contributed by atoms with E-state index < -0.39 is 50.7 Å². The van der Waals surface area contributed by atoms with E-state index in [-0.39, 0.29) is 13.5 Å². The lowest BCUT2D eigenvalue weighted by Crippen LogP contribution is -2.30. The van der Waals surface area contributed by atoms with Gasteiger partial charge in [-0.2, -0.15) is 10.5 Å². The minimum absolute atomic E-state index is 0.150. The molecule has 8 aromatic rings. The minimum Gasteiger partial charge on any atom is -0.496 e. The second-order valence-corrected chi connectivity index (χ2v) is 36.8. The number of aliphatic hydroxyl groups is 2. The average Bonchev–Trinajstić information content (AvgIpc) is 3.51. The number of aryl methyl sites for hydroxylation is 2. The molecule has 18 nitrogen and oxygen atoms in total. The highest BCUT2D eigenvalue weighted by Crippen LogP contribution is 2.45. The Morgan fingerprint density at radius 3 is 1.38 bits per heavy atom. The van der Waals surface area contributed by atoms with E-state index in [1.54, 1.807) is 95.1 Å². The predicted octanol–water partition coefficient (Wildman–Crippen LogP) is 13.1. The second-order valence-electron chi connectivity index (χ2n) is 25.6. The van der Waals surface area contributed by atoms with E-state index in [0.717, 1.165) is 28.7 Å². The minimum atomic E-state index is -1.68. The van der Waals surface area contributed by atoms with Crippen molar-refractivity contribution in [2.75, 3.05) is 27.4 Å². The molecule has 0 aliphatic heterocycles. The van der Waals surface area contributed by atoms with Crippen LogP contribution in [0.4, 0.5) is 9.59 Å². The first-order chi connectivity index (χ1) is 38.1. The van der Waals surface area contributed by atoms with E-state index in [0.29, 0.717) is 97.0 Å². The van der Waals surface area contributed by atoms with Crippen LogP contribution < -0.4 is 9.47 Å². The first kappa shape index (κ1) is 62.3. The zero-order chi connectivity index (χ0) is 60.7. The Hall–Kier alpha value is -7.31. The summed E-state index contributed by atoms with van der Waals surface area (Å²) < 4.78 is 41.7. The Bertz CT molecular complexity index is 3660. The third kappa shape index (κ3) is 13.4. The maximum Gasteiger partial charge on any atom is 0.419 e. The van der Waals surface area contributed by atoms with Gasteiger partial charge in [-0.3, -0.25) is 9.13 Å².